The van der Waals surface area contributed by atoms with Crippen LogP contribution in [-0.2, 0) is 11.2 Å². The molecule has 116 valence electrons. The second-order valence-corrected chi connectivity index (χ2v) is 5.23. The number of methoxy groups -OCH3 is 1. The number of alkyl halides is 2. The number of halogens is 3. The third-order valence-electron chi connectivity index (χ3n) is 3.86. The van der Waals surface area contributed by atoms with E-state index in [2.05, 4.69) is 5.32 Å². The summed E-state index contributed by atoms with van der Waals surface area (Å²) in [6.07, 6.45) is 0.301. The van der Waals surface area contributed by atoms with Gasteiger partial charge in [-0.2, -0.15) is 0 Å². The molecular formula is C14H17ClF2N2O2. The maximum Gasteiger partial charge on any atom is 0.262 e. The van der Waals surface area contributed by atoms with E-state index >= 15 is 0 Å². The Morgan fingerprint density at radius 2 is 2.24 bits per heavy atom. The van der Waals surface area contributed by atoms with Crippen molar-refractivity contribution in [1.82, 2.24) is 5.32 Å². The van der Waals surface area contributed by atoms with Crippen LogP contribution in [0.2, 0.25) is 0 Å². The average molecular weight is 319 g/mol. The van der Waals surface area contributed by atoms with Crippen LogP contribution in [-0.4, -0.2) is 38.1 Å². The first-order valence-corrected chi connectivity index (χ1v) is 6.60. The molecule has 0 saturated carbocycles. The summed E-state index contributed by atoms with van der Waals surface area (Å²) in [5.41, 5.74) is 1.82. The van der Waals surface area contributed by atoms with E-state index in [1.165, 1.54) is 0 Å². The number of carbonyl (C=O) groups excluding carboxylic acids is 1. The molecule has 0 aromatic heterocycles. The number of hydrogen-bond donors (Lipinski definition) is 1. The summed E-state index contributed by atoms with van der Waals surface area (Å²) < 4.78 is 31.5. The van der Waals surface area contributed by atoms with Crippen molar-refractivity contribution in [3.8, 4) is 5.75 Å². The molecule has 0 radical (unpaired) electrons. The molecule has 0 spiro atoms. The molecule has 0 bridgehead atoms. The van der Waals surface area contributed by atoms with Gasteiger partial charge in [-0.3, -0.25) is 10.1 Å². The van der Waals surface area contributed by atoms with Gasteiger partial charge in [0.05, 0.1) is 19.7 Å². The monoisotopic (exact) mass is 318 g/mol. The van der Waals surface area contributed by atoms with Crippen LogP contribution in [0.25, 0.3) is 0 Å². The highest BCUT2D eigenvalue weighted by molar-refractivity contribution is 5.99. The van der Waals surface area contributed by atoms with E-state index < -0.39 is 24.9 Å². The molecule has 7 heteroatoms. The lowest BCUT2D eigenvalue weighted by Crippen LogP contribution is -2.42. The lowest BCUT2D eigenvalue weighted by atomic mass is 10.1. The number of carbonyl (C=O) groups is 1. The maximum absolute atomic E-state index is 13.2. The summed E-state index contributed by atoms with van der Waals surface area (Å²) in [4.78, 5) is 13.9. The molecule has 0 aliphatic carbocycles. The Morgan fingerprint density at radius 3 is 2.86 bits per heavy atom. The molecule has 2 aliphatic rings. The normalized spacial score (nSPS) is 22.6. The number of hydrogen-bond acceptors (Lipinski definition) is 3. The molecule has 21 heavy (non-hydrogen) atoms. The molecule has 1 aromatic carbocycles. The quantitative estimate of drug-likeness (QED) is 0.907. The van der Waals surface area contributed by atoms with Crippen molar-refractivity contribution in [2.75, 3.05) is 25.1 Å². The Hall–Kier alpha value is -1.40. The van der Waals surface area contributed by atoms with E-state index in [0.717, 1.165) is 23.4 Å². The van der Waals surface area contributed by atoms with Crippen molar-refractivity contribution in [1.29, 1.82) is 0 Å². The van der Waals surface area contributed by atoms with Crippen LogP contribution in [0, 0.1) is 0 Å². The number of anilines is 1. The van der Waals surface area contributed by atoms with Crippen LogP contribution < -0.4 is 15.0 Å². The van der Waals surface area contributed by atoms with Gasteiger partial charge < -0.3 is 9.64 Å². The van der Waals surface area contributed by atoms with Crippen molar-refractivity contribution in [2.45, 2.75) is 24.8 Å². The van der Waals surface area contributed by atoms with Crippen molar-refractivity contribution < 1.29 is 18.3 Å². The van der Waals surface area contributed by atoms with Gasteiger partial charge in [0, 0.05) is 18.7 Å². The Bertz CT molecular complexity index is 554. The number of ether oxygens (including phenoxy) is 1. The number of fused-ring (bicyclic) bond motifs is 1. The van der Waals surface area contributed by atoms with E-state index in [1.54, 1.807) is 18.1 Å². The summed E-state index contributed by atoms with van der Waals surface area (Å²) in [5.74, 6) is -2.32. The molecule has 1 amide bonds. The predicted molar refractivity (Wildman–Crippen MR) is 77.7 cm³/mol. The first-order valence-electron chi connectivity index (χ1n) is 6.60. The molecule has 1 aromatic rings. The molecule has 2 aliphatic heterocycles. The van der Waals surface area contributed by atoms with E-state index in [4.69, 9.17) is 4.74 Å². The zero-order valence-corrected chi connectivity index (χ0v) is 12.4. The molecule has 3 rings (SSSR count). The van der Waals surface area contributed by atoms with Gasteiger partial charge >= 0.3 is 0 Å². The first kappa shape index (κ1) is 16.0. The van der Waals surface area contributed by atoms with E-state index in [9.17, 15) is 13.6 Å². The van der Waals surface area contributed by atoms with Gasteiger partial charge in [0.2, 0.25) is 5.91 Å². The lowest BCUT2D eigenvalue weighted by molar-refractivity contribution is -0.120. The second-order valence-electron chi connectivity index (χ2n) is 5.23. The minimum Gasteiger partial charge on any atom is -0.497 e. The molecule has 2 heterocycles. The number of nitrogens with one attached hydrogen (secondary N) is 1. The fourth-order valence-corrected chi connectivity index (χ4v) is 2.81. The van der Waals surface area contributed by atoms with E-state index in [-0.39, 0.29) is 18.3 Å². The highest BCUT2D eigenvalue weighted by Gasteiger charge is 2.44. The number of benzene rings is 1. The average Bonchev–Trinajstić information content (AvgIpc) is 3.00. The molecule has 1 fully saturated rings. The lowest BCUT2D eigenvalue weighted by Gasteiger charge is -2.21. The Morgan fingerprint density at radius 1 is 1.48 bits per heavy atom. The summed E-state index contributed by atoms with van der Waals surface area (Å²) >= 11 is 0. The Balaban J connectivity index is 0.00000161. The van der Waals surface area contributed by atoms with Gasteiger partial charge in [-0.1, -0.05) is 0 Å². The second kappa shape index (κ2) is 5.77. The van der Waals surface area contributed by atoms with Gasteiger partial charge in [0.25, 0.3) is 5.92 Å². The maximum atomic E-state index is 13.2. The van der Waals surface area contributed by atoms with Crippen molar-refractivity contribution in [3.63, 3.8) is 0 Å². The number of nitrogens with zero attached hydrogens (tertiary/aromatic N) is 1. The molecule has 1 atom stereocenters. The van der Waals surface area contributed by atoms with Crippen LogP contribution in [0.1, 0.15) is 12.0 Å². The molecule has 1 N–H and O–H groups in total. The zero-order chi connectivity index (χ0) is 14.3. The minimum absolute atomic E-state index is 0. The van der Waals surface area contributed by atoms with E-state index in [1.807, 2.05) is 12.1 Å². The van der Waals surface area contributed by atoms with Gasteiger partial charge in [-0.15, -0.1) is 12.4 Å². The fraction of sp³-hybridized carbons (Fsp3) is 0.500. The van der Waals surface area contributed by atoms with Gasteiger partial charge in [0.1, 0.15) is 5.75 Å². The van der Waals surface area contributed by atoms with Crippen molar-refractivity contribution >= 4 is 24.0 Å². The number of rotatable bonds is 2. The first-order chi connectivity index (χ1) is 9.50. The smallest absolute Gasteiger partial charge is 0.262 e. The van der Waals surface area contributed by atoms with Crippen LogP contribution in [0.3, 0.4) is 0 Å². The van der Waals surface area contributed by atoms with Gasteiger partial charge in [0.15, 0.2) is 0 Å². The minimum atomic E-state index is -2.79. The zero-order valence-electron chi connectivity index (χ0n) is 11.6. The summed E-state index contributed by atoms with van der Waals surface area (Å²) in [5, 5.41) is 2.61. The van der Waals surface area contributed by atoms with Gasteiger partial charge in [-0.05, 0) is 30.2 Å². The van der Waals surface area contributed by atoms with Crippen molar-refractivity contribution in [3.05, 3.63) is 23.8 Å². The predicted octanol–water partition coefficient (Wildman–Crippen LogP) is 2.00. The third-order valence-corrected chi connectivity index (χ3v) is 3.86. The van der Waals surface area contributed by atoms with Crippen LogP contribution >= 0.6 is 12.4 Å². The highest BCUT2D eigenvalue weighted by atomic mass is 35.5. The molecule has 4 nitrogen and oxygen atoms in total. The van der Waals surface area contributed by atoms with Crippen molar-refractivity contribution in [2.24, 2.45) is 0 Å². The Labute approximate surface area is 127 Å². The van der Waals surface area contributed by atoms with E-state index in [0.29, 0.717) is 6.54 Å². The summed E-state index contributed by atoms with van der Waals surface area (Å²) in [7, 11) is 1.59. The number of amides is 1. The molecule has 1 saturated heterocycles. The SMILES string of the molecule is COc1ccc2c(c1)CCN2C(=O)C1CC(F)(F)CN1.Cl. The topological polar surface area (TPSA) is 41.6 Å². The van der Waals surface area contributed by atoms with Crippen LogP contribution in [0.15, 0.2) is 18.2 Å². The largest absolute Gasteiger partial charge is 0.497 e. The van der Waals surface area contributed by atoms with Gasteiger partial charge in [-0.25, -0.2) is 8.78 Å². The molecular weight excluding hydrogens is 302 g/mol. The standard InChI is InChI=1S/C14H16F2N2O2.ClH/c1-20-10-2-3-12-9(6-10)4-5-18(12)13(19)11-7-14(15,16)8-17-11;/h2-3,6,11,17H,4-5,7-8H2,1H3;1H. The summed E-state index contributed by atoms with van der Waals surface area (Å²) in [6, 6.07) is 4.69. The third kappa shape index (κ3) is 2.96. The fourth-order valence-electron chi connectivity index (χ4n) is 2.81. The highest BCUT2D eigenvalue weighted by Crippen LogP contribution is 2.33. The Kier molecular flexibility index (Phi) is 4.39. The molecule has 1 unspecified atom stereocenters. The van der Waals surface area contributed by atoms with Crippen LogP contribution in [0.5, 0.6) is 5.75 Å². The van der Waals surface area contributed by atoms with Crippen LogP contribution in [0.4, 0.5) is 14.5 Å². The summed E-state index contributed by atoms with van der Waals surface area (Å²) in [6.45, 7) is 0.109.